The molecule has 0 aliphatic carbocycles. The topological polar surface area (TPSA) is 41.6 Å². The third kappa shape index (κ3) is 3.10. The number of benzene rings is 2. The molecule has 2 aromatic carbocycles. The molecule has 1 fully saturated rings. The van der Waals surface area contributed by atoms with E-state index in [-0.39, 0.29) is 5.91 Å². The normalized spacial score (nSPS) is 15.9. The van der Waals surface area contributed by atoms with E-state index < -0.39 is 0 Å². The van der Waals surface area contributed by atoms with Gasteiger partial charge in [-0.05, 0) is 42.9 Å². The fraction of sp³-hybridized carbons (Fsp3) is 0.111. The Morgan fingerprint density at radius 2 is 1.83 bits per heavy atom. The molecule has 23 heavy (non-hydrogen) atoms. The van der Waals surface area contributed by atoms with Crippen molar-refractivity contribution in [3.05, 3.63) is 65.9 Å². The third-order valence-electron chi connectivity index (χ3n) is 3.39. The molecule has 4 nitrogen and oxygen atoms in total. The Labute approximate surface area is 140 Å². The van der Waals surface area contributed by atoms with Crippen molar-refractivity contribution in [1.82, 2.24) is 5.32 Å². The van der Waals surface area contributed by atoms with Crippen molar-refractivity contribution in [3.63, 3.8) is 0 Å². The Morgan fingerprint density at radius 3 is 2.57 bits per heavy atom. The molecule has 1 aliphatic heterocycles. The zero-order valence-corrected chi connectivity index (χ0v) is 13.5. The Kier molecular flexibility index (Phi) is 4.39. The second kappa shape index (κ2) is 6.62. The Bertz CT molecular complexity index is 772. The summed E-state index contributed by atoms with van der Waals surface area (Å²) in [5, 5.41) is 3.33. The highest BCUT2D eigenvalue weighted by molar-refractivity contribution is 7.80. The standard InChI is InChI=1S/C18H16N2O2S/c1-2-22-16-11-7-6-10-15(16)20-17(21)14(19-18(20)23)12-13-8-4-3-5-9-13/h3-12H,2H2,1H3,(H,19,23)/b14-12+. The zero-order chi connectivity index (χ0) is 16.2. The Morgan fingerprint density at radius 1 is 1.13 bits per heavy atom. The van der Waals surface area contributed by atoms with Crippen LogP contribution in [0.2, 0.25) is 0 Å². The lowest BCUT2D eigenvalue weighted by molar-refractivity contribution is -0.113. The summed E-state index contributed by atoms with van der Waals surface area (Å²) in [4.78, 5) is 14.2. The van der Waals surface area contributed by atoms with Gasteiger partial charge < -0.3 is 10.1 Å². The fourth-order valence-electron chi connectivity index (χ4n) is 2.39. The largest absolute Gasteiger partial charge is 0.492 e. The monoisotopic (exact) mass is 324 g/mol. The van der Waals surface area contributed by atoms with Crippen LogP contribution in [-0.2, 0) is 4.79 Å². The van der Waals surface area contributed by atoms with Crippen LogP contribution >= 0.6 is 12.2 Å². The van der Waals surface area contributed by atoms with Gasteiger partial charge in [0.05, 0.1) is 12.3 Å². The van der Waals surface area contributed by atoms with Gasteiger partial charge in [0, 0.05) is 0 Å². The van der Waals surface area contributed by atoms with Gasteiger partial charge in [-0.2, -0.15) is 0 Å². The quantitative estimate of drug-likeness (QED) is 0.692. The molecule has 0 aromatic heterocycles. The van der Waals surface area contributed by atoms with Gasteiger partial charge in [0.15, 0.2) is 5.11 Å². The smallest absolute Gasteiger partial charge is 0.281 e. The average Bonchev–Trinajstić information content (AvgIpc) is 2.83. The number of amides is 1. The van der Waals surface area contributed by atoms with Crippen LogP contribution in [0.5, 0.6) is 5.75 Å². The number of para-hydroxylation sites is 2. The third-order valence-corrected chi connectivity index (χ3v) is 3.68. The van der Waals surface area contributed by atoms with Gasteiger partial charge in [-0.1, -0.05) is 42.5 Å². The average molecular weight is 324 g/mol. The second-order valence-electron chi connectivity index (χ2n) is 4.94. The summed E-state index contributed by atoms with van der Waals surface area (Å²) in [6.07, 6.45) is 1.79. The minimum Gasteiger partial charge on any atom is -0.492 e. The van der Waals surface area contributed by atoms with Crippen LogP contribution in [0.4, 0.5) is 5.69 Å². The molecule has 1 amide bonds. The van der Waals surface area contributed by atoms with E-state index in [1.807, 2.05) is 61.5 Å². The Balaban J connectivity index is 1.95. The van der Waals surface area contributed by atoms with E-state index in [0.717, 1.165) is 5.56 Å². The molecule has 0 atom stereocenters. The zero-order valence-electron chi connectivity index (χ0n) is 12.7. The second-order valence-corrected chi connectivity index (χ2v) is 5.33. The summed E-state index contributed by atoms with van der Waals surface area (Å²) in [5.41, 5.74) is 2.03. The highest BCUT2D eigenvalue weighted by Crippen LogP contribution is 2.31. The number of anilines is 1. The molecule has 1 saturated heterocycles. The number of hydrogen-bond acceptors (Lipinski definition) is 3. The van der Waals surface area contributed by atoms with Crippen molar-refractivity contribution in [2.75, 3.05) is 11.5 Å². The predicted molar refractivity (Wildman–Crippen MR) is 95.2 cm³/mol. The predicted octanol–water partition coefficient (Wildman–Crippen LogP) is 3.35. The van der Waals surface area contributed by atoms with Gasteiger partial charge in [0.2, 0.25) is 0 Å². The minimum atomic E-state index is -0.189. The van der Waals surface area contributed by atoms with Crippen LogP contribution < -0.4 is 15.0 Å². The van der Waals surface area contributed by atoms with Gasteiger partial charge in [-0.25, -0.2) is 4.90 Å². The highest BCUT2D eigenvalue weighted by Gasteiger charge is 2.33. The molecule has 5 heteroatoms. The van der Waals surface area contributed by atoms with E-state index in [2.05, 4.69) is 5.32 Å². The SMILES string of the molecule is CCOc1ccccc1N1C(=O)/C(=C\c2ccccc2)NC1=S. The number of nitrogens with zero attached hydrogens (tertiary/aromatic N) is 1. The number of hydrogen-bond donors (Lipinski definition) is 1. The lowest BCUT2D eigenvalue weighted by atomic mass is 10.2. The fourth-order valence-corrected chi connectivity index (χ4v) is 2.68. The van der Waals surface area contributed by atoms with E-state index >= 15 is 0 Å². The maximum absolute atomic E-state index is 12.7. The number of carbonyl (C=O) groups is 1. The molecule has 0 saturated carbocycles. The van der Waals surface area contributed by atoms with Crippen molar-refractivity contribution in [1.29, 1.82) is 0 Å². The summed E-state index contributed by atoms with van der Waals surface area (Å²) in [6, 6.07) is 17.0. The number of thiocarbonyl (C=S) groups is 1. The van der Waals surface area contributed by atoms with Crippen molar-refractivity contribution >= 4 is 35.0 Å². The first-order valence-electron chi connectivity index (χ1n) is 7.34. The number of rotatable bonds is 4. The summed E-state index contributed by atoms with van der Waals surface area (Å²) in [6.45, 7) is 2.42. The molecule has 1 N–H and O–H groups in total. The van der Waals surface area contributed by atoms with Crippen LogP contribution in [-0.4, -0.2) is 17.6 Å². The molecule has 1 heterocycles. The van der Waals surface area contributed by atoms with Gasteiger partial charge in [-0.15, -0.1) is 0 Å². The maximum atomic E-state index is 12.7. The summed E-state index contributed by atoms with van der Waals surface area (Å²) in [5.74, 6) is 0.444. The molecule has 3 rings (SSSR count). The number of nitrogens with one attached hydrogen (secondary N) is 1. The first-order valence-corrected chi connectivity index (χ1v) is 7.75. The Hall–Kier alpha value is -2.66. The van der Waals surface area contributed by atoms with E-state index in [1.54, 1.807) is 6.08 Å². The van der Waals surface area contributed by atoms with Gasteiger partial charge in [0.25, 0.3) is 5.91 Å². The van der Waals surface area contributed by atoms with E-state index in [9.17, 15) is 4.79 Å². The van der Waals surface area contributed by atoms with Gasteiger partial charge >= 0.3 is 0 Å². The summed E-state index contributed by atoms with van der Waals surface area (Å²) in [7, 11) is 0. The van der Waals surface area contributed by atoms with E-state index in [1.165, 1.54) is 4.90 Å². The number of carbonyl (C=O) groups excluding carboxylic acids is 1. The number of ether oxygens (including phenoxy) is 1. The molecular formula is C18H16N2O2S. The molecule has 116 valence electrons. The summed E-state index contributed by atoms with van der Waals surface area (Å²) >= 11 is 5.33. The van der Waals surface area contributed by atoms with Crippen molar-refractivity contribution in [2.24, 2.45) is 0 Å². The van der Waals surface area contributed by atoms with E-state index in [4.69, 9.17) is 17.0 Å². The molecule has 0 bridgehead atoms. The van der Waals surface area contributed by atoms with Crippen LogP contribution in [0.1, 0.15) is 12.5 Å². The van der Waals surface area contributed by atoms with Crippen molar-refractivity contribution in [3.8, 4) is 5.75 Å². The maximum Gasteiger partial charge on any atom is 0.281 e. The first-order chi connectivity index (χ1) is 11.2. The van der Waals surface area contributed by atoms with Crippen LogP contribution in [0.25, 0.3) is 6.08 Å². The molecule has 2 aromatic rings. The van der Waals surface area contributed by atoms with Crippen LogP contribution in [0.15, 0.2) is 60.3 Å². The van der Waals surface area contributed by atoms with Crippen molar-refractivity contribution < 1.29 is 9.53 Å². The molecule has 0 spiro atoms. The molecular weight excluding hydrogens is 308 g/mol. The highest BCUT2D eigenvalue weighted by atomic mass is 32.1. The van der Waals surface area contributed by atoms with Crippen LogP contribution in [0, 0.1) is 0 Å². The van der Waals surface area contributed by atoms with E-state index in [0.29, 0.717) is 28.9 Å². The lowest BCUT2D eigenvalue weighted by Gasteiger charge is -2.17. The lowest BCUT2D eigenvalue weighted by Crippen LogP contribution is -2.30. The summed E-state index contributed by atoms with van der Waals surface area (Å²) < 4.78 is 5.60. The molecule has 0 radical (unpaired) electrons. The minimum absolute atomic E-state index is 0.189. The molecule has 0 unspecified atom stereocenters. The molecule has 1 aliphatic rings. The van der Waals surface area contributed by atoms with Crippen LogP contribution in [0.3, 0.4) is 0 Å². The van der Waals surface area contributed by atoms with Crippen molar-refractivity contribution in [2.45, 2.75) is 6.92 Å². The van der Waals surface area contributed by atoms with Gasteiger partial charge in [-0.3, -0.25) is 4.79 Å². The first kappa shape index (κ1) is 15.2. The van der Waals surface area contributed by atoms with Gasteiger partial charge in [0.1, 0.15) is 11.4 Å².